The number of ketones is 1. The second-order valence-corrected chi connectivity index (χ2v) is 3.78. The molecule has 1 aliphatic rings. The van der Waals surface area contributed by atoms with Crippen LogP contribution in [0.25, 0.3) is 0 Å². The molecule has 0 spiro atoms. The molecule has 3 heteroatoms. The van der Waals surface area contributed by atoms with Crippen LogP contribution in [0.5, 0.6) is 0 Å². The minimum absolute atomic E-state index is 0.0711. The molecule has 0 radical (unpaired) electrons. The highest BCUT2D eigenvalue weighted by Crippen LogP contribution is 2.38. The zero-order chi connectivity index (χ0) is 10.3. The van der Waals surface area contributed by atoms with Crippen LogP contribution in [0.15, 0.2) is 24.3 Å². The topological polar surface area (TPSA) is 54.4 Å². The Labute approximate surface area is 81.4 Å². The maximum absolute atomic E-state index is 11.5. The quantitative estimate of drug-likeness (QED) is 0.732. The van der Waals surface area contributed by atoms with Crippen LogP contribution in [0.2, 0.25) is 0 Å². The summed E-state index contributed by atoms with van der Waals surface area (Å²) in [6, 6.07) is 6.92. The van der Waals surface area contributed by atoms with Gasteiger partial charge in [0.05, 0.1) is 5.41 Å². The van der Waals surface area contributed by atoms with E-state index in [-0.39, 0.29) is 12.2 Å². The number of fused-ring (bicyclic) bond motifs is 1. The molecule has 0 heterocycles. The summed E-state index contributed by atoms with van der Waals surface area (Å²) in [6.07, 6.45) is 0.0711. The van der Waals surface area contributed by atoms with Crippen molar-refractivity contribution < 1.29 is 14.7 Å². The Kier molecular flexibility index (Phi) is 1.71. The summed E-state index contributed by atoms with van der Waals surface area (Å²) in [5, 5.41) is 9.08. The van der Waals surface area contributed by atoms with Gasteiger partial charge in [0.15, 0.2) is 5.78 Å². The van der Waals surface area contributed by atoms with Crippen LogP contribution in [-0.2, 0) is 10.2 Å². The fourth-order valence-corrected chi connectivity index (χ4v) is 1.91. The molecule has 72 valence electrons. The number of carboxylic acid groups (broad SMARTS) is 1. The SMILES string of the molecule is CC1(C(=O)O)CC(=O)c2ccccc21. The highest BCUT2D eigenvalue weighted by atomic mass is 16.4. The second kappa shape index (κ2) is 2.67. The molecule has 1 unspecified atom stereocenters. The number of Topliss-reactive ketones (excluding diaryl/α,β-unsaturated/α-hetero) is 1. The first-order valence-electron chi connectivity index (χ1n) is 4.42. The van der Waals surface area contributed by atoms with Gasteiger partial charge < -0.3 is 5.11 Å². The lowest BCUT2D eigenvalue weighted by molar-refractivity contribution is -0.142. The summed E-state index contributed by atoms with van der Waals surface area (Å²) in [5.41, 5.74) is 0.156. The summed E-state index contributed by atoms with van der Waals surface area (Å²) in [7, 11) is 0. The smallest absolute Gasteiger partial charge is 0.314 e. The monoisotopic (exact) mass is 190 g/mol. The van der Waals surface area contributed by atoms with Crippen LogP contribution in [0, 0.1) is 0 Å². The van der Waals surface area contributed by atoms with Gasteiger partial charge in [0.25, 0.3) is 0 Å². The lowest BCUT2D eigenvalue weighted by Crippen LogP contribution is -2.29. The van der Waals surface area contributed by atoms with E-state index in [2.05, 4.69) is 0 Å². The molecular weight excluding hydrogens is 180 g/mol. The van der Waals surface area contributed by atoms with Gasteiger partial charge in [-0.3, -0.25) is 9.59 Å². The molecule has 2 rings (SSSR count). The van der Waals surface area contributed by atoms with Crippen molar-refractivity contribution in [3.8, 4) is 0 Å². The molecule has 1 atom stereocenters. The van der Waals surface area contributed by atoms with E-state index >= 15 is 0 Å². The van der Waals surface area contributed by atoms with E-state index in [0.717, 1.165) is 0 Å². The maximum atomic E-state index is 11.5. The first-order chi connectivity index (χ1) is 6.55. The molecule has 0 saturated heterocycles. The molecule has 0 fully saturated rings. The second-order valence-electron chi connectivity index (χ2n) is 3.78. The molecule has 0 bridgehead atoms. The molecule has 0 aromatic heterocycles. The Hall–Kier alpha value is -1.64. The van der Waals surface area contributed by atoms with Gasteiger partial charge in [0, 0.05) is 12.0 Å². The summed E-state index contributed by atoms with van der Waals surface area (Å²) in [6.45, 7) is 1.60. The Morgan fingerprint density at radius 2 is 2.07 bits per heavy atom. The van der Waals surface area contributed by atoms with E-state index in [9.17, 15) is 9.59 Å². The van der Waals surface area contributed by atoms with Gasteiger partial charge in [0.1, 0.15) is 0 Å². The first-order valence-corrected chi connectivity index (χ1v) is 4.42. The van der Waals surface area contributed by atoms with E-state index in [4.69, 9.17) is 5.11 Å². The fourth-order valence-electron chi connectivity index (χ4n) is 1.91. The lowest BCUT2D eigenvalue weighted by Gasteiger charge is -2.17. The van der Waals surface area contributed by atoms with Gasteiger partial charge in [-0.15, -0.1) is 0 Å². The molecule has 3 nitrogen and oxygen atoms in total. The minimum Gasteiger partial charge on any atom is -0.481 e. The average molecular weight is 190 g/mol. The lowest BCUT2D eigenvalue weighted by atomic mass is 9.84. The highest BCUT2D eigenvalue weighted by Gasteiger charge is 2.45. The Balaban J connectivity index is 2.65. The molecule has 1 aliphatic carbocycles. The van der Waals surface area contributed by atoms with Crippen molar-refractivity contribution in [2.24, 2.45) is 0 Å². The Bertz CT molecular complexity index is 422. The van der Waals surface area contributed by atoms with Crippen molar-refractivity contribution in [2.75, 3.05) is 0 Å². The van der Waals surface area contributed by atoms with Crippen molar-refractivity contribution in [1.82, 2.24) is 0 Å². The summed E-state index contributed by atoms with van der Waals surface area (Å²) in [4.78, 5) is 22.6. The van der Waals surface area contributed by atoms with Crippen LogP contribution >= 0.6 is 0 Å². The fraction of sp³-hybridized carbons (Fsp3) is 0.273. The van der Waals surface area contributed by atoms with Crippen molar-refractivity contribution in [3.05, 3.63) is 35.4 Å². The van der Waals surface area contributed by atoms with E-state index in [1.807, 2.05) is 0 Å². The average Bonchev–Trinajstić information content (AvgIpc) is 2.42. The predicted molar refractivity (Wildman–Crippen MR) is 50.4 cm³/mol. The van der Waals surface area contributed by atoms with Crippen LogP contribution in [0.4, 0.5) is 0 Å². The van der Waals surface area contributed by atoms with Crippen LogP contribution in [0.1, 0.15) is 29.3 Å². The standard InChI is InChI=1S/C11H10O3/c1-11(10(13)14)6-9(12)7-4-2-3-5-8(7)11/h2-5H,6H2,1H3,(H,13,14). The number of rotatable bonds is 1. The third-order valence-corrected chi connectivity index (χ3v) is 2.81. The zero-order valence-electron chi connectivity index (χ0n) is 7.78. The van der Waals surface area contributed by atoms with Gasteiger partial charge in [-0.1, -0.05) is 24.3 Å². The number of benzene rings is 1. The van der Waals surface area contributed by atoms with Crippen molar-refractivity contribution in [2.45, 2.75) is 18.8 Å². The third kappa shape index (κ3) is 0.985. The largest absolute Gasteiger partial charge is 0.481 e. The van der Waals surface area contributed by atoms with Gasteiger partial charge >= 0.3 is 5.97 Å². The number of hydrogen-bond acceptors (Lipinski definition) is 2. The van der Waals surface area contributed by atoms with Gasteiger partial charge in [-0.05, 0) is 12.5 Å². The summed E-state index contributed by atoms with van der Waals surface area (Å²) < 4.78 is 0. The molecule has 14 heavy (non-hydrogen) atoms. The summed E-state index contributed by atoms with van der Waals surface area (Å²) in [5.74, 6) is -1.01. The van der Waals surface area contributed by atoms with Crippen molar-refractivity contribution in [3.63, 3.8) is 0 Å². The normalized spacial score (nSPS) is 24.8. The number of carbonyl (C=O) groups is 2. The van der Waals surface area contributed by atoms with Gasteiger partial charge in [-0.2, -0.15) is 0 Å². The van der Waals surface area contributed by atoms with Crippen molar-refractivity contribution in [1.29, 1.82) is 0 Å². The number of aliphatic carboxylic acids is 1. The Morgan fingerprint density at radius 3 is 2.71 bits per heavy atom. The van der Waals surface area contributed by atoms with Crippen LogP contribution in [0.3, 0.4) is 0 Å². The van der Waals surface area contributed by atoms with E-state index in [1.165, 1.54) is 0 Å². The molecule has 0 amide bonds. The van der Waals surface area contributed by atoms with Crippen LogP contribution < -0.4 is 0 Å². The van der Waals surface area contributed by atoms with E-state index < -0.39 is 11.4 Å². The predicted octanol–water partition coefficient (Wildman–Crippen LogP) is 1.62. The highest BCUT2D eigenvalue weighted by molar-refractivity contribution is 6.07. The van der Waals surface area contributed by atoms with E-state index in [0.29, 0.717) is 11.1 Å². The zero-order valence-corrected chi connectivity index (χ0v) is 7.78. The molecule has 1 N–H and O–H groups in total. The number of carboxylic acids is 1. The maximum Gasteiger partial charge on any atom is 0.314 e. The molecular formula is C11H10O3. The molecule has 0 aliphatic heterocycles. The van der Waals surface area contributed by atoms with Gasteiger partial charge in [0.2, 0.25) is 0 Å². The van der Waals surface area contributed by atoms with Crippen molar-refractivity contribution >= 4 is 11.8 Å². The first kappa shape index (κ1) is 8.94. The molecule has 0 saturated carbocycles. The van der Waals surface area contributed by atoms with Crippen LogP contribution in [-0.4, -0.2) is 16.9 Å². The van der Waals surface area contributed by atoms with Gasteiger partial charge in [-0.25, -0.2) is 0 Å². The third-order valence-electron chi connectivity index (χ3n) is 2.81. The Morgan fingerprint density at radius 1 is 1.43 bits per heavy atom. The minimum atomic E-state index is -1.03. The molecule has 1 aromatic carbocycles. The van der Waals surface area contributed by atoms with E-state index in [1.54, 1.807) is 31.2 Å². The number of carbonyl (C=O) groups excluding carboxylic acids is 1. The summed E-state index contributed by atoms with van der Waals surface area (Å²) >= 11 is 0. The number of hydrogen-bond donors (Lipinski definition) is 1. The molecule has 1 aromatic rings.